The van der Waals surface area contributed by atoms with Crippen LogP contribution in [0.4, 0.5) is 0 Å². The molecule has 0 aromatic carbocycles. The van der Waals surface area contributed by atoms with Crippen molar-refractivity contribution in [2.45, 2.75) is 129 Å². The number of hydrogen-bond donors (Lipinski definition) is 2. The van der Waals surface area contributed by atoms with Crippen molar-refractivity contribution in [1.29, 1.82) is 0 Å². The first-order valence-corrected chi connectivity index (χ1v) is 11.3. The predicted molar refractivity (Wildman–Crippen MR) is 111 cm³/mol. The van der Waals surface area contributed by atoms with E-state index in [1.165, 1.54) is 103 Å². The summed E-state index contributed by atoms with van der Waals surface area (Å²) < 4.78 is 0. The maximum atomic E-state index is 3.27. The summed E-state index contributed by atoms with van der Waals surface area (Å²) in [5, 5.41) is 2.29. The normalized spacial score (nSPS) is 14.3. The van der Waals surface area contributed by atoms with Crippen molar-refractivity contribution < 1.29 is 0 Å². The first-order chi connectivity index (χ1) is 12.3. The average molecular weight is 352 g/mol. The molecule has 0 aromatic rings. The number of unbranched alkanes of at least 4 members (excludes halogenated alkanes) is 12. The third-order valence-corrected chi connectivity index (χ3v) is 6.06. The molecule has 0 saturated carbocycles. The van der Waals surface area contributed by atoms with Crippen LogP contribution in [-0.2, 0) is 0 Å². The van der Waals surface area contributed by atoms with Crippen molar-refractivity contribution in [2.75, 3.05) is 0 Å². The molecular weight excluding hydrogens is 306 g/mol. The molecule has 0 saturated heterocycles. The van der Waals surface area contributed by atoms with Crippen LogP contribution in [0.1, 0.15) is 124 Å². The quantitative estimate of drug-likeness (QED) is 0.281. The summed E-state index contributed by atoms with van der Waals surface area (Å²) in [6, 6.07) is 0. The van der Waals surface area contributed by atoms with Gasteiger partial charge in [-0.25, -0.2) is 0 Å². The van der Waals surface area contributed by atoms with E-state index in [0.29, 0.717) is 0 Å². The lowest BCUT2D eigenvalue weighted by Crippen LogP contribution is -2.52. The van der Waals surface area contributed by atoms with Crippen molar-refractivity contribution >= 4 is 0 Å². The van der Waals surface area contributed by atoms with E-state index in [9.17, 15) is 0 Å². The summed E-state index contributed by atoms with van der Waals surface area (Å²) in [5.41, 5.74) is 6.63. The van der Waals surface area contributed by atoms with Crippen molar-refractivity contribution in [3.05, 3.63) is 12.4 Å². The molecule has 0 radical (unpaired) electrons. The Morgan fingerprint density at radius 3 is 1.56 bits per heavy atom. The second-order valence-corrected chi connectivity index (χ2v) is 7.87. The zero-order valence-electron chi connectivity index (χ0n) is 17.4. The Hall–Kier alpha value is -0.700. The van der Waals surface area contributed by atoms with Crippen LogP contribution < -0.4 is 11.0 Å². The summed E-state index contributed by atoms with van der Waals surface area (Å²) in [5.74, 6) is 0. The molecule has 0 unspecified atom stereocenters. The summed E-state index contributed by atoms with van der Waals surface area (Å²) >= 11 is 0. The van der Waals surface area contributed by atoms with Gasteiger partial charge in [0.15, 0.2) is 0 Å². The molecule has 0 spiro atoms. The molecule has 3 heteroatoms. The highest BCUT2D eigenvalue weighted by molar-refractivity contribution is 4.96. The Kier molecular flexibility index (Phi) is 12.9. The largest absolute Gasteiger partial charge is 0.310 e. The summed E-state index contributed by atoms with van der Waals surface area (Å²) in [6.07, 6.45) is 26.4. The molecule has 25 heavy (non-hydrogen) atoms. The third-order valence-electron chi connectivity index (χ3n) is 6.06. The molecule has 0 amide bonds. The zero-order chi connectivity index (χ0) is 18.2. The Bertz CT molecular complexity index is 323. The van der Waals surface area contributed by atoms with Crippen LogP contribution in [0, 0.1) is 0 Å². The van der Waals surface area contributed by atoms with E-state index in [0.717, 1.165) is 0 Å². The fourth-order valence-corrected chi connectivity index (χ4v) is 4.07. The van der Waals surface area contributed by atoms with E-state index in [-0.39, 0.29) is 5.54 Å². The second-order valence-electron chi connectivity index (χ2n) is 7.87. The lowest BCUT2D eigenvalue weighted by molar-refractivity contribution is 0.0681. The van der Waals surface area contributed by atoms with Crippen LogP contribution in [0.15, 0.2) is 12.4 Å². The lowest BCUT2D eigenvalue weighted by Gasteiger charge is -2.40. The number of nitrogens with zero attached hydrogens (tertiary/aromatic N) is 1. The molecule has 148 valence electrons. The van der Waals surface area contributed by atoms with Gasteiger partial charge in [0.1, 0.15) is 0 Å². The van der Waals surface area contributed by atoms with E-state index in [4.69, 9.17) is 0 Å². The van der Waals surface area contributed by atoms with Crippen LogP contribution in [0.2, 0.25) is 0 Å². The number of hydrazine groups is 2. The third kappa shape index (κ3) is 8.99. The molecule has 1 heterocycles. The monoisotopic (exact) mass is 351 g/mol. The molecule has 0 aromatic heterocycles. The molecule has 1 aliphatic heterocycles. The first kappa shape index (κ1) is 22.3. The number of nitrogens with one attached hydrogen (secondary N) is 2. The summed E-state index contributed by atoms with van der Waals surface area (Å²) in [7, 11) is 0. The van der Waals surface area contributed by atoms with E-state index in [1.54, 1.807) is 0 Å². The predicted octanol–water partition coefficient (Wildman–Crippen LogP) is 6.82. The molecule has 0 fully saturated rings. The van der Waals surface area contributed by atoms with E-state index >= 15 is 0 Å². The minimum absolute atomic E-state index is 0.276. The van der Waals surface area contributed by atoms with Crippen molar-refractivity contribution in [1.82, 2.24) is 16.0 Å². The van der Waals surface area contributed by atoms with Crippen molar-refractivity contribution in [3.8, 4) is 0 Å². The van der Waals surface area contributed by atoms with Gasteiger partial charge in [0.05, 0.1) is 5.54 Å². The van der Waals surface area contributed by atoms with E-state index in [2.05, 4.69) is 42.9 Å². The highest BCUT2D eigenvalue weighted by Crippen LogP contribution is 2.30. The van der Waals surface area contributed by atoms with Crippen LogP contribution in [0.3, 0.4) is 0 Å². The fraction of sp³-hybridized carbons (Fsp3) is 0.909. The van der Waals surface area contributed by atoms with Crippen molar-refractivity contribution in [2.24, 2.45) is 0 Å². The Balaban J connectivity index is 1.96. The molecular formula is C22H45N3. The second kappa shape index (κ2) is 14.5. The topological polar surface area (TPSA) is 27.3 Å². The number of hydrogen-bond acceptors (Lipinski definition) is 3. The van der Waals surface area contributed by atoms with E-state index in [1.807, 2.05) is 6.20 Å². The minimum atomic E-state index is 0.276. The zero-order valence-corrected chi connectivity index (χ0v) is 17.4. The van der Waals surface area contributed by atoms with Gasteiger partial charge < -0.3 is 5.43 Å². The Labute approximate surface area is 158 Å². The van der Waals surface area contributed by atoms with Gasteiger partial charge in [0.2, 0.25) is 0 Å². The van der Waals surface area contributed by atoms with Crippen molar-refractivity contribution in [3.63, 3.8) is 0 Å². The van der Waals surface area contributed by atoms with E-state index < -0.39 is 0 Å². The SMILES string of the molecule is CCCCCCCCCCCCCCCC(CC)(CC)N1C=CNN1. The fourth-order valence-electron chi connectivity index (χ4n) is 4.07. The van der Waals surface area contributed by atoms with Gasteiger partial charge in [-0.2, -0.15) is 0 Å². The van der Waals surface area contributed by atoms with Crippen LogP contribution >= 0.6 is 0 Å². The Morgan fingerprint density at radius 1 is 0.680 bits per heavy atom. The smallest absolute Gasteiger partial charge is 0.0569 e. The van der Waals surface area contributed by atoms with Gasteiger partial charge in [-0.1, -0.05) is 104 Å². The standard InChI is InChI=1S/C22H45N3/c1-4-7-8-9-10-11-12-13-14-15-16-17-18-19-22(5-2,6-3)25-21-20-23-24-25/h20-21,23-24H,4-19H2,1-3H3. The maximum Gasteiger partial charge on any atom is 0.0569 e. The minimum Gasteiger partial charge on any atom is -0.310 e. The molecule has 2 N–H and O–H groups in total. The highest BCUT2D eigenvalue weighted by atomic mass is 15.7. The summed E-state index contributed by atoms with van der Waals surface area (Å²) in [6.45, 7) is 6.93. The van der Waals surface area contributed by atoms with Gasteiger partial charge >= 0.3 is 0 Å². The van der Waals surface area contributed by atoms with Crippen LogP contribution in [0.25, 0.3) is 0 Å². The number of rotatable bonds is 17. The molecule has 1 rings (SSSR count). The molecule has 1 aliphatic rings. The van der Waals surface area contributed by atoms with Gasteiger partial charge in [-0.15, -0.1) is 5.53 Å². The highest BCUT2D eigenvalue weighted by Gasteiger charge is 2.32. The maximum absolute atomic E-state index is 3.27. The lowest BCUT2D eigenvalue weighted by atomic mass is 9.86. The average Bonchev–Trinajstić information content (AvgIpc) is 3.18. The van der Waals surface area contributed by atoms with Gasteiger partial charge in [-0.3, -0.25) is 5.01 Å². The van der Waals surface area contributed by atoms with Crippen LogP contribution in [-0.4, -0.2) is 10.5 Å². The molecule has 0 bridgehead atoms. The molecule has 3 nitrogen and oxygen atoms in total. The molecule has 0 atom stereocenters. The van der Waals surface area contributed by atoms with Crippen LogP contribution in [0.5, 0.6) is 0 Å². The van der Waals surface area contributed by atoms with Gasteiger partial charge in [0, 0.05) is 12.4 Å². The van der Waals surface area contributed by atoms with Gasteiger partial charge in [-0.05, 0) is 19.3 Å². The summed E-state index contributed by atoms with van der Waals surface area (Å²) in [4.78, 5) is 0. The Morgan fingerprint density at radius 2 is 1.16 bits per heavy atom. The molecule has 0 aliphatic carbocycles. The van der Waals surface area contributed by atoms with Gasteiger partial charge in [0.25, 0.3) is 0 Å². The first-order valence-electron chi connectivity index (χ1n) is 11.3.